The molecule has 1 aromatic carbocycles. The van der Waals surface area contributed by atoms with E-state index in [9.17, 15) is 10.4 Å². The van der Waals surface area contributed by atoms with Gasteiger partial charge in [0.25, 0.3) is 0 Å². The van der Waals surface area contributed by atoms with Gasteiger partial charge in [-0.3, -0.25) is 0 Å². The van der Waals surface area contributed by atoms with Crippen LogP contribution in [-0.2, 0) is 0 Å². The highest BCUT2D eigenvalue weighted by Gasteiger charge is 2.45. The van der Waals surface area contributed by atoms with Crippen LogP contribution in [0.25, 0.3) is 0 Å². The first kappa shape index (κ1) is 15.8. The van der Waals surface area contributed by atoms with Gasteiger partial charge in [-0.25, -0.2) is 0 Å². The Bertz CT molecular complexity index is 540. The molecule has 0 radical (unpaired) electrons. The van der Waals surface area contributed by atoms with Gasteiger partial charge in [0.1, 0.15) is 0 Å². The molecule has 108 valence electrons. The van der Waals surface area contributed by atoms with Crippen LogP contribution in [0.4, 0.5) is 0 Å². The normalized spacial score (nSPS) is 22.0. The molecule has 1 aliphatic carbocycles. The van der Waals surface area contributed by atoms with Crippen molar-refractivity contribution in [2.45, 2.75) is 45.6 Å². The van der Waals surface area contributed by atoms with Gasteiger partial charge in [0.2, 0.25) is 0 Å². The average molecular weight is 357 g/mol. The number of aliphatic hydroxyl groups is 1. The van der Waals surface area contributed by atoms with Crippen molar-refractivity contribution < 1.29 is 5.11 Å². The number of rotatable bonds is 2. The van der Waals surface area contributed by atoms with Crippen molar-refractivity contribution in [3.63, 3.8) is 0 Å². The van der Waals surface area contributed by atoms with Crippen LogP contribution in [0.3, 0.4) is 0 Å². The molecule has 0 heterocycles. The van der Waals surface area contributed by atoms with E-state index in [1.54, 1.807) is 6.07 Å². The first-order valence-electron chi connectivity index (χ1n) is 6.84. The van der Waals surface area contributed by atoms with Crippen LogP contribution in [0.2, 0.25) is 5.02 Å². The van der Waals surface area contributed by atoms with Gasteiger partial charge in [-0.05, 0) is 49.3 Å². The lowest BCUT2D eigenvalue weighted by atomic mass is 9.62. The number of halogens is 2. The van der Waals surface area contributed by atoms with Crippen molar-refractivity contribution >= 4 is 27.5 Å². The summed E-state index contributed by atoms with van der Waals surface area (Å²) in [5.41, 5.74) is 0.170. The zero-order valence-corrected chi connectivity index (χ0v) is 14.1. The predicted molar refractivity (Wildman–Crippen MR) is 84.4 cm³/mol. The maximum absolute atomic E-state index is 10.7. The van der Waals surface area contributed by atoms with Crippen molar-refractivity contribution in [2.24, 2.45) is 10.8 Å². The molecule has 1 aromatic rings. The van der Waals surface area contributed by atoms with Crippen molar-refractivity contribution in [1.82, 2.24) is 0 Å². The van der Waals surface area contributed by atoms with Gasteiger partial charge in [0.05, 0.1) is 17.6 Å². The van der Waals surface area contributed by atoms with Crippen LogP contribution < -0.4 is 0 Å². The SMILES string of the molecule is CC1(C)CCC(C#N)(C(O)c2cc(Br)ccc2Cl)CC1. The summed E-state index contributed by atoms with van der Waals surface area (Å²) in [6, 6.07) is 7.77. The fourth-order valence-electron chi connectivity index (χ4n) is 2.84. The molecule has 2 nitrogen and oxygen atoms in total. The second-order valence-electron chi connectivity index (χ2n) is 6.50. The minimum absolute atomic E-state index is 0.251. The molecule has 1 aliphatic rings. The molecule has 4 heteroatoms. The molecule has 1 N–H and O–H groups in total. The van der Waals surface area contributed by atoms with E-state index in [0.29, 0.717) is 23.4 Å². The second-order valence-corrected chi connectivity index (χ2v) is 7.82. The van der Waals surface area contributed by atoms with E-state index in [1.165, 1.54) is 0 Å². The van der Waals surface area contributed by atoms with E-state index in [0.717, 1.165) is 17.3 Å². The van der Waals surface area contributed by atoms with Crippen LogP contribution in [0.5, 0.6) is 0 Å². The highest BCUT2D eigenvalue weighted by atomic mass is 79.9. The summed E-state index contributed by atoms with van der Waals surface area (Å²) in [6.45, 7) is 4.43. The highest BCUT2D eigenvalue weighted by molar-refractivity contribution is 9.10. The largest absolute Gasteiger partial charge is 0.387 e. The van der Waals surface area contributed by atoms with Crippen LogP contribution in [-0.4, -0.2) is 5.11 Å². The molecule has 1 saturated carbocycles. The highest BCUT2D eigenvalue weighted by Crippen LogP contribution is 2.51. The van der Waals surface area contributed by atoms with Gasteiger partial charge in [-0.1, -0.05) is 41.4 Å². The third kappa shape index (κ3) is 3.03. The first-order valence-corrected chi connectivity index (χ1v) is 8.01. The van der Waals surface area contributed by atoms with Gasteiger partial charge in [0, 0.05) is 15.1 Å². The molecular formula is C16H19BrClNO. The second kappa shape index (κ2) is 5.67. The van der Waals surface area contributed by atoms with E-state index in [2.05, 4.69) is 35.8 Å². The fraction of sp³-hybridized carbons (Fsp3) is 0.562. The predicted octanol–water partition coefficient (Wildman–Crippen LogP) is 5.25. The van der Waals surface area contributed by atoms with Crippen LogP contribution in [0.1, 0.15) is 51.2 Å². The van der Waals surface area contributed by atoms with Crippen LogP contribution in [0, 0.1) is 22.2 Å². The number of hydrogen-bond acceptors (Lipinski definition) is 2. The Morgan fingerprint density at radius 2 is 1.90 bits per heavy atom. The average Bonchev–Trinajstić information content (AvgIpc) is 2.41. The van der Waals surface area contributed by atoms with Gasteiger partial charge in [0.15, 0.2) is 0 Å². The molecule has 1 fully saturated rings. The van der Waals surface area contributed by atoms with Crippen molar-refractivity contribution in [2.75, 3.05) is 0 Å². The quantitative estimate of drug-likeness (QED) is 0.787. The number of hydrogen-bond donors (Lipinski definition) is 1. The molecule has 0 amide bonds. The van der Waals surface area contributed by atoms with Gasteiger partial charge >= 0.3 is 0 Å². The maximum Gasteiger partial charge on any atom is 0.0991 e. The molecule has 20 heavy (non-hydrogen) atoms. The molecular weight excluding hydrogens is 338 g/mol. The molecule has 0 saturated heterocycles. The Hall–Kier alpha value is -0.560. The molecule has 1 atom stereocenters. The van der Waals surface area contributed by atoms with E-state index >= 15 is 0 Å². The Labute approximate surface area is 133 Å². The van der Waals surface area contributed by atoms with E-state index in [4.69, 9.17) is 11.6 Å². The van der Waals surface area contributed by atoms with Gasteiger partial charge in [-0.2, -0.15) is 5.26 Å². The van der Waals surface area contributed by atoms with Crippen molar-refractivity contribution in [3.05, 3.63) is 33.3 Å². The first-order chi connectivity index (χ1) is 9.30. The summed E-state index contributed by atoms with van der Waals surface area (Å²) in [5, 5.41) is 20.9. The Morgan fingerprint density at radius 1 is 1.30 bits per heavy atom. The zero-order valence-electron chi connectivity index (χ0n) is 11.8. The minimum atomic E-state index is -0.839. The standard InChI is InChI=1S/C16H19BrClNO/c1-15(2)5-7-16(10-19,8-6-15)14(20)12-9-11(17)3-4-13(12)18/h3-4,9,14,20H,5-8H2,1-2H3. The maximum atomic E-state index is 10.7. The molecule has 0 spiro atoms. The summed E-state index contributed by atoms with van der Waals surface area (Å²) < 4.78 is 0.861. The summed E-state index contributed by atoms with van der Waals surface area (Å²) >= 11 is 9.59. The van der Waals surface area contributed by atoms with Gasteiger partial charge < -0.3 is 5.11 Å². The van der Waals surface area contributed by atoms with Crippen LogP contribution in [0.15, 0.2) is 22.7 Å². The molecule has 1 unspecified atom stereocenters. The van der Waals surface area contributed by atoms with Crippen molar-refractivity contribution in [1.29, 1.82) is 5.26 Å². The lowest BCUT2D eigenvalue weighted by molar-refractivity contribution is 0.00959. The molecule has 0 aliphatic heterocycles. The van der Waals surface area contributed by atoms with Crippen LogP contribution >= 0.6 is 27.5 Å². The molecule has 2 rings (SSSR count). The third-order valence-corrected chi connectivity index (χ3v) is 5.33. The Kier molecular flexibility index (Phi) is 4.49. The fourth-order valence-corrected chi connectivity index (χ4v) is 3.44. The molecule has 0 bridgehead atoms. The Balaban J connectivity index is 2.33. The lowest BCUT2D eigenvalue weighted by Gasteiger charge is -2.42. The van der Waals surface area contributed by atoms with Crippen molar-refractivity contribution in [3.8, 4) is 6.07 Å². The zero-order chi connectivity index (χ0) is 15.0. The van der Waals surface area contributed by atoms with E-state index in [1.807, 2.05) is 12.1 Å². The van der Waals surface area contributed by atoms with Gasteiger partial charge in [-0.15, -0.1) is 0 Å². The lowest BCUT2D eigenvalue weighted by Crippen LogP contribution is -2.35. The smallest absolute Gasteiger partial charge is 0.0991 e. The van der Waals surface area contributed by atoms with E-state index < -0.39 is 11.5 Å². The molecule has 0 aromatic heterocycles. The summed E-state index contributed by atoms with van der Waals surface area (Å²) in [7, 11) is 0. The number of nitriles is 1. The monoisotopic (exact) mass is 355 g/mol. The third-order valence-electron chi connectivity index (χ3n) is 4.49. The minimum Gasteiger partial charge on any atom is -0.387 e. The number of aliphatic hydroxyl groups excluding tert-OH is 1. The summed E-state index contributed by atoms with van der Waals surface area (Å²) in [6.07, 6.45) is 2.47. The topological polar surface area (TPSA) is 44.0 Å². The summed E-state index contributed by atoms with van der Waals surface area (Å²) in [4.78, 5) is 0. The van der Waals surface area contributed by atoms with E-state index in [-0.39, 0.29) is 5.41 Å². The number of benzene rings is 1. The summed E-state index contributed by atoms with van der Waals surface area (Å²) in [5.74, 6) is 0. The number of nitrogens with zero attached hydrogens (tertiary/aromatic N) is 1. The Morgan fingerprint density at radius 3 is 2.45 bits per heavy atom.